The van der Waals surface area contributed by atoms with Gasteiger partial charge in [0, 0.05) is 10.9 Å². The summed E-state index contributed by atoms with van der Waals surface area (Å²) in [5.41, 5.74) is 1.82. The second kappa shape index (κ2) is 2.97. The molecule has 0 unspecified atom stereocenters. The quantitative estimate of drug-likeness (QED) is 0.687. The van der Waals surface area contributed by atoms with Gasteiger partial charge >= 0.3 is 0 Å². The van der Waals surface area contributed by atoms with Gasteiger partial charge in [-0.1, -0.05) is 18.2 Å². The first-order valence-corrected chi connectivity index (χ1v) is 3.68. The molecule has 2 N–H and O–H groups in total. The number of hydrogen-bond acceptors (Lipinski definition) is 3. The van der Waals surface area contributed by atoms with Crippen LogP contribution in [0.25, 0.3) is 11.0 Å². The molecule has 0 saturated carbocycles. The van der Waals surface area contributed by atoms with E-state index in [1.165, 1.54) is 0 Å². The van der Waals surface area contributed by atoms with Gasteiger partial charge in [0.05, 0.1) is 12.9 Å². The fraction of sp³-hybridized carbons (Fsp3) is 0.111. The Labute approximate surface area is 69.7 Å². The van der Waals surface area contributed by atoms with Crippen LogP contribution in [0.2, 0.25) is 0 Å². The van der Waals surface area contributed by atoms with Gasteiger partial charge in [-0.3, -0.25) is 4.84 Å². The van der Waals surface area contributed by atoms with Crippen molar-refractivity contribution in [3.8, 4) is 0 Å². The lowest BCUT2D eigenvalue weighted by atomic mass is 10.2. The van der Waals surface area contributed by atoms with Gasteiger partial charge in [0.2, 0.25) is 0 Å². The van der Waals surface area contributed by atoms with E-state index in [0.717, 1.165) is 16.5 Å². The van der Waals surface area contributed by atoms with Gasteiger partial charge < -0.3 is 4.42 Å². The first-order chi connectivity index (χ1) is 5.92. The molecule has 12 heavy (non-hydrogen) atoms. The van der Waals surface area contributed by atoms with Crippen molar-refractivity contribution in [2.45, 2.75) is 6.61 Å². The van der Waals surface area contributed by atoms with Gasteiger partial charge in [-0.2, -0.15) is 0 Å². The summed E-state index contributed by atoms with van der Waals surface area (Å²) >= 11 is 0. The Morgan fingerprint density at radius 1 is 1.33 bits per heavy atom. The van der Waals surface area contributed by atoms with E-state index in [2.05, 4.69) is 4.84 Å². The Balaban J connectivity index is 2.57. The third kappa shape index (κ3) is 1.09. The predicted molar refractivity (Wildman–Crippen MR) is 45.2 cm³/mol. The summed E-state index contributed by atoms with van der Waals surface area (Å²) in [5, 5.41) is 1.07. The number of benzene rings is 1. The Hall–Kier alpha value is -1.32. The highest BCUT2D eigenvalue weighted by atomic mass is 16.6. The molecule has 1 heterocycles. The predicted octanol–water partition coefficient (Wildman–Crippen LogP) is 1.82. The third-order valence-corrected chi connectivity index (χ3v) is 1.80. The molecule has 0 aliphatic heterocycles. The average molecular weight is 163 g/mol. The number of hydrogen-bond donors (Lipinski definition) is 1. The van der Waals surface area contributed by atoms with E-state index in [1.54, 1.807) is 6.26 Å². The molecule has 1 aromatic carbocycles. The standard InChI is InChI=1S/C9H9NO2/c10-12-6-8-3-1-2-7-4-5-11-9(7)8/h1-5H,6,10H2. The van der Waals surface area contributed by atoms with Crippen LogP contribution in [0, 0.1) is 0 Å². The highest BCUT2D eigenvalue weighted by Crippen LogP contribution is 2.19. The molecule has 0 fully saturated rings. The van der Waals surface area contributed by atoms with Gasteiger partial charge in [-0.25, -0.2) is 5.90 Å². The van der Waals surface area contributed by atoms with Crippen LogP contribution in [-0.2, 0) is 11.4 Å². The summed E-state index contributed by atoms with van der Waals surface area (Å²) in [6.45, 7) is 0.380. The van der Waals surface area contributed by atoms with Crippen LogP contribution in [-0.4, -0.2) is 0 Å². The van der Waals surface area contributed by atoms with Gasteiger partial charge in [0.25, 0.3) is 0 Å². The summed E-state index contributed by atoms with van der Waals surface area (Å²) in [7, 11) is 0. The van der Waals surface area contributed by atoms with Crippen molar-refractivity contribution in [3.63, 3.8) is 0 Å². The van der Waals surface area contributed by atoms with Crippen LogP contribution >= 0.6 is 0 Å². The fourth-order valence-corrected chi connectivity index (χ4v) is 1.26. The minimum atomic E-state index is 0.380. The number of furan rings is 1. The molecule has 0 spiro atoms. The van der Waals surface area contributed by atoms with Gasteiger partial charge in [-0.05, 0) is 6.07 Å². The molecule has 0 bridgehead atoms. The maximum absolute atomic E-state index is 5.27. The van der Waals surface area contributed by atoms with E-state index >= 15 is 0 Å². The Bertz CT molecular complexity index is 381. The highest BCUT2D eigenvalue weighted by Gasteiger charge is 2.02. The number of nitrogens with two attached hydrogens (primary N) is 1. The summed E-state index contributed by atoms with van der Waals surface area (Å²) in [6.07, 6.45) is 1.66. The first kappa shape index (κ1) is 7.34. The second-order valence-electron chi connectivity index (χ2n) is 2.57. The second-order valence-corrected chi connectivity index (χ2v) is 2.57. The van der Waals surface area contributed by atoms with Crippen LogP contribution in [0.15, 0.2) is 34.9 Å². The third-order valence-electron chi connectivity index (χ3n) is 1.80. The maximum atomic E-state index is 5.27. The average Bonchev–Trinajstić information content (AvgIpc) is 2.53. The summed E-state index contributed by atoms with van der Waals surface area (Å²) in [5.74, 6) is 4.98. The van der Waals surface area contributed by atoms with Crippen LogP contribution in [0.5, 0.6) is 0 Å². The van der Waals surface area contributed by atoms with Crippen LogP contribution in [0.1, 0.15) is 5.56 Å². The van der Waals surface area contributed by atoms with E-state index in [1.807, 2.05) is 24.3 Å². The van der Waals surface area contributed by atoms with Crippen molar-refractivity contribution < 1.29 is 9.25 Å². The van der Waals surface area contributed by atoms with E-state index in [0.29, 0.717) is 6.61 Å². The minimum Gasteiger partial charge on any atom is -0.464 e. The van der Waals surface area contributed by atoms with Gasteiger partial charge in [0.1, 0.15) is 5.58 Å². The van der Waals surface area contributed by atoms with Crippen LogP contribution < -0.4 is 5.90 Å². The monoisotopic (exact) mass is 163 g/mol. The van der Waals surface area contributed by atoms with Crippen LogP contribution in [0.4, 0.5) is 0 Å². The molecule has 0 aliphatic rings. The summed E-state index contributed by atoms with van der Waals surface area (Å²) < 4.78 is 5.27. The number of para-hydroxylation sites is 1. The normalized spacial score (nSPS) is 10.8. The zero-order valence-corrected chi connectivity index (χ0v) is 6.49. The van der Waals surface area contributed by atoms with E-state index < -0.39 is 0 Å². The zero-order valence-electron chi connectivity index (χ0n) is 6.49. The highest BCUT2D eigenvalue weighted by molar-refractivity contribution is 5.80. The number of rotatable bonds is 2. The lowest BCUT2D eigenvalue weighted by Gasteiger charge is -1.98. The van der Waals surface area contributed by atoms with Crippen molar-refractivity contribution in [1.29, 1.82) is 0 Å². The van der Waals surface area contributed by atoms with Gasteiger partial charge in [0.15, 0.2) is 0 Å². The zero-order chi connectivity index (χ0) is 8.39. The Morgan fingerprint density at radius 2 is 2.25 bits per heavy atom. The van der Waals surface area contributed by atoms with Gasteiger partial charge in [-0.15, -0.1) is 0 Å². The molecule has 2 rings (SSSR count). The molecule has 0 amide bonds. The van der Waals surface area contributed by atoms with Crippen molar-refractivity contribution >= 4 is 11.0 Å². The van der Waals surface area contributed by atoms with Crippen LogP contribution in [0.3, 0.4) is 0 Å². The minimum absolute atomic E-state index is 0.380. The largest absolute Gasteiger partial charge is 0.464 e. The fourth-order valence-electron chi connectivity index (χ4n) is 1.26. The topological polar surface area (TPSA) is 48.4 Å². The van der Waals surface area contributed by atoms with E-state index in [-0.39, 0.29) is 0 Å². The first-order valence-electron chi connectivity index (χ1n) is 3.68. The van der Waals surface area contributed by atoms with Crippen molar-refractivity contribution in [2.75, 3.05) is 0 Å². The summed E-state index contributed by atoms with van der Waals surface area (Å²) in [4.78, 5) is 4.55. The molecule has 0 radical (unpaired) electrons. The van der Waals surface area contributed by atoms with E-state index in [4.69, 9.17) is 10.3 Å². The molecule has 0 atom stereocenters. The molecule has 0 saturated heterocycles. The van der Waals surface area contributed by atoms with Crippen molar-refractivity contribution in [3.05, 3.63) is 36.1 Å². The maximum Gasteiger partial charge on any atom is 0.139 e. The molecule has 0 aliphatic carbocycles. The number of fused-ring (bicyclic) bond motifs is 1. The molecule has 62 valence electrons. The Kier molecular flexibility index (Phi) is 1.81. The van der Waals surface area contributed by atoms with E-state index in [9.17, 15) is 0 Å². The SMILES string of the molecule is NOCc1cccc2ccoc12. The molecular formula is C9H9NO2. The lowest BCUT2D eigenvalue weighted by Crippen LogP contribution is -1.98. The molecule has 3 heteroatoms. The molecule has 3 nitrogen and oxygen atoms in total. The van der Waals surface area contributed by atoms with Crippen molar-refractivity contribution in [1.82, 2.24) is 0 Å². The Morgan fingerprint density at radius 3 is 3.08 bits per heavy atom. The molecule has 2 aromatic rings. The van der Waals surface area contributed by atoms with Crippen molar-refractivity contribution in [2.24, 2.45) is 5.90 Å². The smallest absolute Gasteiger partial charge is 0.139 e. The molecule has 1 aromatic heterocycles. The lowest BCUT2D eigenvalue weighted by molar-refractivity contribution is 0.124. The molecular weight excluding hydrogens is 154 g/mol. The summed E-state index contributed by atoms with van der Waals surface area (Å²) in [6, 6.07) is 7.78.